The van der Waals surface area contributed by atoms with Gasteiger partial charge in [-0.3, -0.25) is 4.90 Å². The summed E-state index contributed by atoms with van der Waals surface area (Å²) in [6.07, 6.45) is 3.57. The van der Waals surface area contributed by atoms with E-state index in [1.807, 2.05) is 12.1 Å². The number of nitrogens with zero attached hydrogens (tertiary/aromatic N) is 1. The first-order chi connectivity index (χ1) is 9.54. The molecule has 1 aromatic rings. The molecule has 1 aromatic carbocycles. The first-order valence-corrected chi connectivity index (χ1v) is 8.19. The van der Waals surface area contributed by atoms with E-state index >= 15 is 0 Å². The number of nitrogens with two attached hydrogens (primary N) is 1. The van der Waals surface area contributed by atoms with Crippen molar-refractivity contribution in [2.24, 2.45) is 11.7 Å². The Bertz CT molecular complexity index is 416. The Labute approximate surface area is 128 Å². The van der Waals surface area contributed by atoms with Crippen LogP contribution in [0, 0.1) is 5.92 Å². The maximum Gasteiger partial charge on any atom is 0.0502 e. The third-order valence-corrected chi connectivity index (χ3v) is 4.81. The molecule has 0 aromatic heterocycles. The summed E-state index contributed by atoms with van der Waals surface area (Å²) >= 11 is 6.02. The fourth-order valence-corrected chi connectivity index (χ4v) is 3.57. The van der Waals surface area contributed by atoms with Gasteiger partial charge in [0.05, 0.1) is 6.04 Å². The molecule has 2 rings (SSSR count). The van der Waals surface area contributed by atoms with E-state index in [4.69, 9.17) is 17.3 Å². The molecule has 0 aliphatic carbocycles. The average molecular weight is 295 g/mol. The van der Waals surface area contributed by atoms with Crippen molar-refractivity contribution in [2.75, 3.05) is 6.54 Å². The predicted molar refractivity (Wildman–Crippen MR) is 87.0 cm³/mol. The van der Waals surface area contributed by atoms with Gasteiger partial charge in [0, 0.05) is 17.1 Å². The van der Waals surface area contributed by atoms with E-state index in [2.05, 4.69) is 37.8 Å². The molecule has 3 atom stereocenters. The fourth-order valence-electron chi connectivity index (χ4n) is 3.44. The summed E-state index contributed by atoms with van der Waals surface area (Å²) in [6.45, 7) is 7.97. The third-order valence-electron chi connectivity index (χ3n) is 4.56. The lowest BCUT2D eigenvalue weighted by Crippen LogP contribution is -2.44. The molecule has 3 unspecified atom stereocenters. The predicted octanol–water partition coefficient (Wildman–Crippen LogP) is 4.24. The first-order valence-electron chi connectivity index (χ1n) is 7.81. The SMILES string of the molecule is CCC(N)C(c1ccc(Cl)cc1)N1CCCC1C(C)C. The summed E-state index contributed by atoms with van der Waals surface area (Å²) in [6, 6.07) is 9.37. The summed E-state index contributed by atoms with van der Waals surface area (Å²) in [5, 5.41) is 0.791. The number of likely N-dealkylation sites (tertiary alicyclic amines) is 1. The molecule has 0 amide bonds. The minimum absolute atomic E-state index is 0.176. The molecule has 3 heteroatoms. The van der Waals surface area contributed by atoms with Crippen molar-refractivity contribution in [1.82, 2.24) is 4.90 Å². The molecule has 2 nitrogen and oxygen atoms in total. The molecule has 1 aliphatic rings. The van der Waals surface area contributed by atoms with Gasteiger partial charge in [-0.15, -0.1) is 0 Å². The van der Waals surface area contributed by atoms with Crippen LogP contribution >= 0.6 is 11.6 Å². The second kappa shape index (κ2) is 6.93. The van der Waals surface area contributed by atoms with E-state index in [0.29, 0.717) is 18.0 Å². The van der Waals surface area contributed by atoms with Crippen LogP contribution in [-0.2, 0) is 0 Å². The van der Waals surface area contributed by atoms with Gasteiger partial charge < -0.3 is 5.73 Å². The Morgan fingerprint density at radius 1 is 1.30 bits per heavy atom. The lowest BCUT2D eigenvalue weighted by molar-refractivity contribution is 0.125. The Balaban J connectivity index is 2.30. The van der Waals surface area contributed by atoms with Crippen LogP contribution < -0.4 is 5.73 Å². The van der Waals surface area contributed by atoms with Crippen LogP contribution in [0.25, 0.3) is 0 Å². The normalized spacial score (nSPS) is 23.2. The molecule has 20 heavy (non-hydrogen) atoms. The lowest BCUT2D eigenvalue weighted by Gasteiger charge is -2.38. The van der Waals surface area contributed by atoms with Crippen molar-refractivity contribution in [2.45, 2.75) is 58.2 Å². The molecule has 0 saturated carbocycles. The van der Waals surface area contributed by atoms with E-state index in [0.717, 1.165) is 18.0 Å². The molecule has 0 bridgehead atoms. The molecule has 1 saturated heterocycles. The number of rotatable bonds is 5. The highest BCUT2D eigenvalue weighted by molar-refractivity contribution is 6.30. The van der Waals surface area contributed by atoms with Crippen molar-refractivity contribution in [3.8, 4) is 0 Å². The van der Waals surface area contributed by atoms with Crippen molar-refractivity contribution in [3.63, 3.8) is 0 Å². The number of hydrogen-bond donors (Lipinski definition) is 1. The van der Waals surface area contributed by atoms with E-state index in [9.17, 15) is 0 Å². The maximum absolute atomic E-state index is 6.45. The molecule has 1 heterocycles. The maximum atomic E-state index is 6.45. The number of hydrogen-bond acceptors (Lipinski definition) is 2. The van der Waals surface area contributed by atoms with Gasteiger partial charge in [-0.1, -0.05) is 44.5 Å². The first kappa shape index (κ1) is 15.8. The monoisotopic (exact) mass is 294 g/mol. The zero-order valence-electron chi connectivity index (χ0n) is 12.8. The van der Waals surface area contributed by atoms with Gasteiger partial charge >= 0.3 is 0 Å². The topological polar surface area (TPSA) is 29.3 Å². The molecular formula is C17H27ClN2. The van der Waals surface area contributed by atoms with Crippen LogP contribution in [0.4, 0.5) is 0 Å². The molecule has 1 aliphatic heterocycles. The largest absolute Gasteiger partial charge is 0.326 e. The standard InChI is InChI=1S/C17H27ClN2/c1-4-15(19)17(13-7-9-14(18)10-8-13)20-11-5-6-16(20)12(2)3/h7-10,12,15-17H,4-6,11,19H2,1-3H3. The zero-order valence-corrected chi connectivity index (χ0v) is 13.6. The summed E-state index contributed by atoms with van der Waals surface area (Å²) in [5.74, 6) is 0.677. The second-order valence-corrected chi connectivity index (χ2v) is 6.70. The van der Waals surface area contributed by atoms with Crippen LogP contribution in [0.1, 0.15) is 51.6 Å². The molecule has 112 valence electrons. The summed E-state index contributed by atoms with van der Waals surface area (Å²) in [5.41, 5.74) is 7.76. The Morgan fingerprint density at radius 2 is 1.95 bits per heavy atom. The minimum atomic E-state index is 0.176. The quantitative estimate of drug-likeness (QED) is 0.880. The van der Waals surface area contributed by atoms with Crippen molar-refractivity contribution in [1.29, 1.82) is 0 Å². The van der Waals surface area contributed by atoms with Crippen LogP contribution in [0.2, 0.25) is 5.02 Å². The van der Waals surface area contributed by atoms with Crippen LogP contribution in [0.5, 0.6) is 0 Å². The van der Waals surface area contributed by atoms with E-state index in [-0.39, 0.29) is 6.04 Å². The van der Waals surface area contributed by atoms with Crippen LogP contribution in [0.15, 0.2) is 24.3 Å². The molecular weight excluding hydrogens is 268 g/mol. The van der Waals surface area contributed by atoms with Gasteiger partial charge in [0.15, 0.2) is 0 Å². The van der Waals surface area contributed by atoms with Crippen LogP contribution in [-0.4, -0.2) is 23.5 Å². The molecule has 2 N–H and O–H groups in total. The average Bonchev–Trinajstić information content (AvgIpc) is 2.90. The number of benzene rings is 1. The van der Waals surface area contributed by atoms with Gasteiger partial charge in [-0.25, -0.2) is 0 Å². The van der Waals surface area contributed by atoms with E-state index in [1.54, 1.807) is 0 Å². The van der Waals surface area contributed by atoms with Gasteiger partial charge in [0.25, 0.3) is 0 Å². The highest BCUT2D eigenvalue weighted by Gasteiger charge is 2.35. The van der Waals surface area contributed by atoms with E-state index in [1.165, 1.54) is 18.4 Å². The van der Waals surface area contributed by atoms with Gasteiger partial charge in [0.2, 0.25) is 0 Å². The number of halogens is 1. The molecule has 0 radical (unpaired) electrons. The lowest BCUT2D eigenvalue weighted by atomic mass is 9.93. The van der Waals surface area contributed by atoms with Gasteiger partial charge in [0.1, 0.15) is 0 Å². The van der Waals surface area contributed by atoms with Gasteiger partial charge in [-0.2, -0.15) is 0 Å². The Kier molecular flexibility index (Phi) is 5.48. The highest BCUT2D eigenvalue weighted by Crippen LogP contribution is 2.35. The van der Waals surface area contributed by atoms with Crippen molar-refractivity contribution >= 4 is 11.6 Å². The van der Waals surface area contributed by atoms with Gasteiger partial charge in [-0.05, 0) is 49.4 Å². The van der Waals surface area contributed by atoms with E-state index < -0.39 is 0 Å². The fraction of sp³-hybridized carbons (Fsp3) is 0.647. The second-order valence-electron chi connectivity index (χ2n) is 6.26. The third kappa shape index (κ3) is 3.36. The van der Waals surface area contributed by atoms with Crippen molar-refractivity contribution in [3.05, 3.63) is 34.9 Å². The Morgan fingerprint density at radius 3 is 2.50 bits per heavy atom. The zero-order chi connectivity index (χ0) is 14.7. The minimum Gasteiger partial charge on any atom is -0.326 e. The highest BCUT2D eigenvalue weighted by atomic mass is 35.5. The molecule has 0 spiro atoms. The van der Waals surface area contributed by atoms with Crippen molar-refractivity contribution < 1.29 is 0 Å². The summed E-state index contributed by atoms with van der Waals surface area (Å²) in [7, 11) is 0. The summed E-state index contributed by atoms with van der Waals surface area (Å²) in [4.78, 5) is 2.63. The van der Waals surface area contributed by atoms with Crippen LogP contribution in [0.3, 0.4) is 0 Å². The molecule has 1 fully saturated rings. The smallest absolute Gasteiger partial charge is 0.0502 e. The Hall–Kier alpha value is -0.570. The summed E-state index contributed by atoms with van der Waals surface area (Å²) < 4.78 is 0.